The molecular formula is C9H9ClF3NO2S. The first-order chi connectivity index (χ1) is 7.65. The maximum absolute atomic E-state index is 12.0. The standard InChI is InChI=1S/C9H9ClF3NO2S/c1-6-7(3-2-4-8(6)10)5-14-17(15,16)9(11,12)13/h2-4,14H,5H2,1H3. The fourth-order valence-electron chi connectivity index (χ4n) is 1.10. The first kappa shape index (κ1) is 14.3. The van der Waals surface area contributed by atoms with Gasteiger partial charge in [-0.05, 0) is 24.1 Å². The Morgan fingerprint density at radius 2 is 1.94 bits per heavy atom. The van der Waals surface area contributed by atoms with Crippen molar-refractivity contribution < 1.29 is 21.6 Å². The molecule has 0 amide bonds. The van der Waals surface area contributed by atoms with Gasteiger partial charge in [-0.3, -0.25) is 0 Å². The second-order valence-corrected chi connectivity index (χ2v) is 5.46. The number of sulfonamides is 1. The molecule has 0 radical (unpaired) electrons. The molecular weight excluding hydrogens is 279 g/mol. The Hall–Kier alpha value is -0.790. The van der Waals surface area contributed by atoms with Crippen LogP contribution in [0.1, 0.15) is 11.1 Å². The van der Waals surface area contributed by atoms with Crippen molar-refractivity contribution in [2.75, 3.05) is 0 Å². The molecule has 0 bridgehead atoms. The van der Waals surface area contributed by atoms with Crippen LogP contribution in [0.3, 0.4) is 0 Å². The van der Waals surface area contributed by atoms with Gasteiger partial charge in [0.1, 0.15) is 0 Å². The van der Waals surface area contributed by atoms with Crippen LogP contribution < -0.4 is 4.72 Å². The summed E-state index contributed by atoms with van der Waals surface area (Å²) < 4.78 is 59.1. The van der Waals surface area contributed by atoms with Gasteiger partial charge < -0.3 is 0 Å². The molecule has 96 valence electrons. The number of hydrogen-bond acceptors (Lipinski definition) is 2. The van der Waals surface area contributed by atoms with Crippen LogP contribution in [0.25, 0.3) is 0 Å². The minimum Gasteiger partial charge on any atom is -0.203 e. The largest absolute Gasteiger partial charge is 0.511 e. The van der Waals surface area contributed by atoms with E-state index in [1.165, 1.54) is 16.9 Å². The summed E-state index contributed by atoms with van der Waals surface area (Å²) in [6.45, 7) is 1.15. The van der Waals surface area contributed by atoms with Gasteiger partial charge in [-0.15, -0.1) is 0 Å². The van der Waals surface area contributed by atoms with Crippen molar-refractivity contribution in [2.24, 2.45) is 0 Å². The van der Waals surface area contributed by atoms with E-state index in [1.54, 1.807) is 13.0 Å². The Balaban J connectivity index is 2.86. The van der Waals surface area contributed by atoms with E-state index in [4.69, 9.17) is 11.6 Å². The van der Waals surface area contributed by atoms with E-state index in [9.17, 15) is 21.6 Å². The van der Waals surface area contributed by atoms with Crippen LogP contribution in [-0.4, -0.2) is 13.9 Å². The van der Waals surface area contributed by atoms with Crippen LogP contribution in [0.5, 0.6) is 0 Å². The molecule has 0 saturated heterocycles. The number of rotatable bonds is 3. The van der Waals surface area contributed by atoms with E-state index >= 15 is 0 Å². The summed E-state index contributed by atoms with van der Waals surface area (Å²) >= 11 is 5.75. The molecule has 1 aromatic rings. The molecule has 8 heteroatoms. The summed E-state index contributed by atoms with van der Waals surface area (Å²) in [5.41, 5.74) is -4.37. The molecule has 0 unspecified atom stereocenters. The zero-order valence-corrected chi connectivity index (χ0v) is 10.2. The topological polar surface area (TPSA) is 46.2 Å². The van der Waals surface area contributed by atoms with Crippen molar-refractivity contribution in [3.05, 3.63) is 34.3 Å². The highest BCUT2D eigenvalue weighted by Crippen LogP contribution is 2.23. The Kier molecular flexibility index (Phi) is 4.06. The second kappa shape index (κ2) is 4.83. The maximum Gasteiger partial charge on any atom is 0.511 e. The van der Waals surface area contributed by atoms with Gasteiger partial charge in [-0.25, -0.2) is 13.1 Å². The molecule has 0 aliphatic rings. The molecule has 0 aliphatic heterocycles. The van der Waals surface area contributed by atoms with Crippen LogP contribution >= 0.6 is 11.6 Å². The summed E-state index contributed by atoms with van der Waals surface area (Å²) in [5, 5.41) is 0.369. The lowest BCUT2D eigenvalue weighted by atomic mass is 10.1. The van der Waals surface area contributed by atoms with Gasteiger partial charge in [0, 0.05) is 11.6 Å². The van der Waals surface area contributed by atoms with Gasteiger partial charge in [0.25, 0.3) is 0 Å². The van der Waals surface area contributed by atoms with Gasteiger partial charge >= 0.3 is 15.5 Å². The van der Waals surface area contributed by atoms with Crippen molar-refractivity contribution in [3.8, 4) is 0 Å². The summed E-state index contributed by atoms with van der Waals surface area (Å²) in [6.07, 6.45) is 0. The maximum atomic E-state index is 12.0. The third kappa shape index (κ3) is 3.34. The van der Waals surface area contributed by atoms with E-state index < -0.39 is 22.1 Å². The van der Waals surface area contributed by atoms with E-state index in [2.05, 4.69) is 0 Å². The quantitative estimate of drug-likeness (QED) is 0.929. The molecule has 0 spiro atoms. The molecule has 3 nitrogen and oxygen atoms in total. The molecule has 0 aromatic heterocycles. The fourth-order valence-corrected chi connectivity index (χ4v) is 1.80. The van der Waals surface area contributed by atoms with Crippen LogP contribution in [0.2, 0.25) is 5.02 Å². The summed E-state index contributed by atoms with van der Waals surface area (Å²) in [7, 11) is -5.32. The van der Waals surface area contributed by atoms with Gasteiger partial charge in [0.15, 0.2) is 0 Å². The second-order valence-electron chi connectivity index (χ2n) is 3.29. The van der Waals surface area contributed by atoms with Gasteiger partial charge in [0.2, 0.25) is 0 Å². The Labute approximate surface area is 102 Å². The summed E-state index contributed by atoms with van der Waals surface area (Å²) in [6, 6.07) is 4.60. The number of hydrogen-bond donors (Lipinski definition) is 1. The minimum atomic E-state index is -5.32. The van der Waals surface area contributed by atoms with Gasteiger partial charge in [0.05, 0.1) is 0 Å². The minimum absolute atomic E-state index is 0.369. The monoisotopic (exact) mass is 287 g/mol. The fraction of sp³-hybridized carbons (Fsp3) is 0.333. The zero-order valence-electron chi connectivity index (χ0n) is 8.68. The van der Waals surface area contributed by atoms with Crippen molar-refractivity contribution in [1.29, 1.82) is 0 Å². The first-order valence-corrected chi connectivity index (χ1v) is 6.31. The molecule has 0 saturated carbocycles. The molecule has 0 aliphatic carbocycles. The average Bonchev–Trinajstić information content (AvgIpc) is 2.18. The Morgan fingerprint density at radius 1 is 1.35 bits per heavy atom. The lowest BCUT2D eigenvalue weighted by Gasteiger charge is -2.11. The van der Waals surface area contributed by atoms with E-state index in [-0.39, 0.29) is 0 Å². The summed E-state index contributed by atoms with van der Waals surface area (Å²) in [5.74, 6) is 0. The van der Waals surface area contributed by atoms with Crippen molar-refractivity contribution >= 4 is 21.6 Å². The van der Waals surface area contributed by atoms with Crippen molar-refractivity contribution in [2.45, 2.75) is 19.0 Å². The van der Waals surface area contributed by atoms with Crippen molar-refractivity contribution in [3.63, 3.8) is 0 Å². The predicted molar refractivity (Wildman–Crippen MR) is 58.0 cm³/mol. The molecule has 0 fully saturated rings. The van der Waals surface area contributed by atoms with E-state index in [1.807, 2.05) is 0 Å². The zero-order chi connectivity index (χ0) is 13.3. The van der Waals surface area contributed by atoms with Crippen molar-refractivity contribution in [1.82, 2.24) is 4.72 Å². The summed E-state index contributed by atoms with van der Waals surface area (Å²) in [4.78, 5) is 0. The molecule has 0 heterocycles. The number of halogens is 4. The number of benzene rings is 1. The van der Waals surface area contributed by atoms with Crippen LogP contribution in [0.15, 0.2) is 18.2 Å². The normalized spacial score (nSPS) is 12.8. The van der Waals surface area contributed by atoms with Crippen LogP contribution in [-0.2, 0) is 16.6 Å². The average molecular weight is 288 g/mol. The lowest BCUT2D eigenvalue weighted by Crippen LogP contribution is -2.36. The van der Waals surface area contributed by atoms with Gasteiger partial charge in [-0.1, -0.05) is 23.7 Å². The third-order valence-electron chi connectivity index (χ3n) is 2.14. The van der Waals surface area contributed by atoms with Crippen LogP contribution in [0, 0.1) is 6.92 Å². The molecule has 1 rings (SSSR count). The molecule has 1 N–H and O–H groups in total. The molecule has 1 aromatic carbocycles. The highest BCUT2D eigenvalue weighted by atomic mass is 35.5. The first-order valence-electron chi connectivity index (χ1n) is 4.45. The molecule has 17 heavy (non-hydrogen) atoms. The third-order valence-corrected chi connectivity index (χ3v) is 3.68. The lowest BCUT2D eigenvalue weighted by molar-refractivity contribution is -0.0448. The Morgan fingerprint density at radius 3 is 2.47 bits per heavy atom. The highest BCUT2D eigenvalue weighted by Gasteiger charge is 2.45. The van der Waals surface area contributed by atoms with E-state index in [0.29, 0.717) is 16.1 Å². The Bertz CT molecular complexity index is 513. The highest BCUT2D eigenvalue weighted by molar-refractivity contribution is 7.90. The smallest absolute Gasteiger partial charge is 0.203 e. The number of nitrogens with one attached hydrogen (secondary N) is 1. The number of alkyl halides is 3. The van der Waals surface area contributed by atoms with Crippen LogP contribution in [0.4, 0.5) is 13.2 Å². The van der Waals surface area contributed by atoms with E-state index in [0.717, 1.165) is 0 Å². The SMILES string of the molecule is Cc1c(Cl)cccc1CNS(=O)(=O)C(F)(F)F. The predicted octanol–water partition coefficient (Wildman–Crippen LogP) is 2.59. The van der Waals surface area contributed by atoms with Gasteiger partial charge in [-0.2, -0.15) is 13.2 Å². The molecule has 0 atom stereocenters.